The molecule has 5 nitrogen and oxygen atoms in total. The van der Waals surface area contributed by atoms with Gasteiger partial charge in [-0.2, -0.15) is 0 Å². The van der Waals surface area contributed by atoms with Gasteiger partial charge >= 0.3 is 11.9 Å². The van der Waals surface area contributed by atoms with Gasteiger partial charge in [0.05, 0.1) is 6.61 Å². The van der Waals surface area contributed by atoms with E-state index in [-0.39, 0.29) is 25.2 Å². The zero-order chi connectivity index (χ0) is 37.8. The van der Waals surface area contributed by atoms with Crippen molar-refractivity contribution in [1.29, 1.82) is 0 Å². The van der Waals surface area contributed by atoms with Gasteiger partial charge < -0.3 is 14.2 Å². The minimum Gasteiger partial charge on any atom is -0.462 e. The van der Waals surface area contributed by atoms with Crippen molar-refractivity contribution in [3.05, 3.63) is 48.6 Å². The number of carbonyl (C=O) groups is 2. The second-order valence-electron chi connectivity index (χ2n) is 14.6. The Labute approximate surface area is 322 Å². The van der Waals surface area contributed by atoms with Crippen LogP contribution < -0.4 is 0 Å². The summed E-state index contributed by atoms with van der Waals surface area (Å²) in [5.41, 5.74) is 0. The topological polar surface area (TPSA) is 61.8 Å². The molecule has 302 valence electrons. The van der Waals surface area contributed by atoms with E-state index in [4.69, 9.17) is 14.2 Å². The first-order valence-corrected chi connectivity index (χ1v) is 22.2. The first-order valence-electron chi connectivity index (χ1n) is 22.2. The van der Waals surface area contributed by atoms with E-state index in [1.165, 1.54) is 116 Å². The van der Waals surface area contributed by atoms with Gasteiger partial charge in [-0.3, -0.25) is 9.59 Å². The normalized spacial score (nSPS) is 12.6. The van der Waals surface area contributed by atoms with Crippen LogP contribution in [0.1, 0.15) is 213 Å². The zero-order valence-electron chi connectivity index (χ0n) is 34.6. The summed E-state index contributed by atoms with van der Waals surface area (Å²) in [6.07, 6.45) is 51.1. The lowest BCUT2D eigenvalue weighted by Crippen LogP contribution is -2.30. The SMILES string of the molecule is CCC/C=C\C/C=C\CCCCCCCCOCC(COC(=O)CCCCCCC/C=C\C/C=C\CCCCC)OC(=O)CCCCCCCCC. The fourth-order valence-corrected chi connectivity index (χ4v) is 5.99. The number of carbonyl (C=O) groups excluding carboxylic acids is 2. The summed E-state index contributed by atoms with van der Waals surface area (Å²) in [5.74, 6) is -0.423. The van der Waals surface area contributed by atoms with Crippen molar-refractivity contribution in [1.82, 2.24) is 0 Å². The molecule has 0 aromatic carbocycles. The fraction of sp³-hybridized carbons (Fsp3) is 0.787. The van der Waals surface area contributed by atoms with Gasteiger partial charge in [0.1, 0.15) is 6.61 Å². The third-order valence-corrected chi connectivity index (χ3v) is 9.32. The lowest BCUT2D eigenvalue weighted by Gasteiger charge is -2.18. The molecule has 0 N–H and O–H groups in total. The van der Waals surface area contributed by atoms with Gasteiger partial charge in [0.25, 0.3) is 0 Å². The van der Waals surface area contributed by atoms with Crippen molar-refractivity contribution < 1.29 is 23.8 Å². The predicted octanol–water partition coefficient (Wildman–Crippen LogP) is 14.4. The molecule has 0 aromatic heterocycles. The van der Waals surface area contributed by atoms with Crippen molar-refractivity contribution in [2.24, 2.45) is 0 Å². The second kappa shape index (κ2) is 43.3. The lowest BCUT2D eigenvalue weighted by atomic mass is 10.1. The van der Waals surface area contributed by atoms with Crippen molar-refractivity contribution in [3.63, 3.8) is 0 Å². The molecule has 1 unspecified atom stereocenters. The summed E-state index contributed by atoms with van der Waals surface area (Å²) in [6, 6.07) is 0. The van der Waals surface area contributed by atoms with Crippen LogP contribution in [0.5, 0.6) is 0 Å². The van der Waals surface area contributed by atoms with Crippen LogP contribution in [0.4, 0.5) is 0 Å². The Morgan fingerprint density at radius 1 is 0.423 bits per heavy atom. The summed E-state index contributed by atoms with van der Waals surface area (Å²) in [6.45, 7) is 7.67. The zero-order valence-corrected chi connectivity index (χ0v) is 34.6. The lowest BCUT2D eigenvalue weighted by molar-refractivity contribution is -0.163. The molecule has 0 aliphatic rings. The van der Waals surface area contributed by atoms with Crippen LogP contribution in [-0.4, -0.2) is 37.9 Å². The Morgan fingerprint density at radius 2 is 0.846 bits per heavy atom. The van der Waals surface area contributed by atoms with E-state index in [1.807, 2.05) is 0 Å². The third-order valence-electron chi connectivity index (χ3n) is 9.32. The second-order valence-corrected chi connectivity index (χ2v) is 14.6. The van der Waals surface area contributed by atoms with Crippen molar-refractivity contribution >= 4 is 11.9 Å². The number of ether oxygens (including phenoxy) is 3. The summed E-state index contributed by atoms with van der Waals surface area (Å²) in [7, 11) is 0. The monoisotopic (exact) mass is 729 g/mol. The molecule has 0 bridgehead atoms. The van der Waals surface area contributed by atoms with E-state index in [0.717, 1.165) is 64.2 Å². The van der Waals surface area contributed by atoms with Crippen molar-refractivity contribution in [2.45, 2.75) is 219 Å². The minimum atomic E-state index is -0.541. The third kappa shape index (κ3) is 40.6. The standard InChI is InChI=1S/C47H84O5/c1-4-7-10-13-16-18-20-22-24-25-27-29-32-34-37-40-46(48)51-44-45(52-47(49)41-38-35-31-15-12-9-6-3)43-50-42-39-36-33-30-28-26-23-21-19-17-14-11-8-5-2/h11,14,16,18-19,21-22,24,45H,4-10,12-13,15,17,20,23,25-44H2,1-3H3/b14-11-,18-16-,21-19-,24-22-. The van der Waals surface area contributed by atoms with Gasteiger partial charge in [-0.05, 0) is 77.0 Å². The Morgan fingerprint density at radius 3 is 1.38 bits per heavy atom. The highest BCUT2D eigenvalue weighted by Gasteiger charge is 2.17. The number of rotatable bonds is 40. The number of hydrogen-bond acceptors (Lipinski definition) is 5. The summed E-state index contributed by atoms with van der Waals surface area (Å²) >= 11 is 0. The molecule has 0 amide bonds. The fourth-order valence-electron chi connectivity index (χ4n) is 5.99. The molecule has 0 aliphatic heterocycles. The molecule has 0 saturated carbocycles. The maximum atomic E-state index is 12.6. The highest BCUT2D eigenvalue weighted by Crippen LogP contribution is 2.12. The van der Waals surface area contributed by atoms with Gasteiger partial charge in [0.2, 0.25) is 0 Å². The highest BCUT2D eigenvalue weighted by atomic mass is 16.6. The molecule has 0 saturated heterocycles. The van der Waals surface area contributed by atoms with Crippen molar-refractivity contribution in [3.8, 4) is 0 Å². The molecular weight excluding hydrogens is 645 g/mol. The van der Waals surface area contributed by atoms with Gasteiger partial charge in [-0.25, -0.2) is 0 Å². The maximum absolute atomic E-state index is 12.6. The smallest absolute Gasteiger partial charge is 0.306 e. The average molecular weight is 729 g/mol. The first-order chi connectivity index (χ1) is 25.6. The Bertz CT molecular complexity index is 873. The van der Waals surface area contributed by atoms with E-state index in [2.05, 4.69) is 69.4 Å². The molecule has 52 heavy (non-hydrogen) atoms. The highest BCUT2D eigenvalue weighted by molar-refractivity contribution is 5.70. The van der Waals surface area contributed by atoms with Crippen LogP contribution in [0, 0.1) is 0 Å². The van der Waals surface area contributed by atoms with E-state index < -0.39 is 6.10 Å². The molecular formula is C47H84O5. The van der Waals surface area contributed by atoms with E-state index in [1.54, 1.807) is 0 Å². The van der Waals surface area contributed by atoms with Crippen LogP contribution in [0.25, 0.3) is 0 Å². The van der Waals surface area contributed by atoms with Gasteiger partial charge in [-0.15, -0.1) is 0 Å². The number of allylic oxidation sites excluding steroid dienone is 8. The van der Waals surface area contributed by atoms with Crippen LogP contribution in [0.2, 0.25) is 0 Å². The molecule has 0 aliphatic carbocycles. The first kappa shape index (κ1) is 49.9. The molecule has 5 heteroatoms. The Hall–Kier alpha value is -2.14. The quantitative estimate of drug-likeness (QED) is 0.0357. The summed E-state index contributed by atoms with van der Waals surface area (Å²) in [5, 5.41) is 0. The molecule has 0 aromatic rings. The van der Waals surface area contributed by atoms with Crippen LogP contribution in [-0.2, 0) is 23.8 Å². The van der Waals surface area contributed by atoms with E-state index >= 15 is 0 Å². The number of hydrogen-bond donors (Lipinski definition) is 0. The van der Waals surface area contributed by atoms with Gasteiger partial charge in [-0.1, -0.05) is 172 Å². The Balaban J connectivity index is 4.20. The Kier molecular flexibility index (Phi) is 41.5. The molecule has 0 fully saturated rings. The number of unbranched alkanes of at least 4 members (excludes halogenated alkanes) is 21. The van der Waals surface area contributed by atoms with Gasteiger partial charge in [0, 0.05) is 19.4 Å². The molecule has 1 atom stereocenters. The van der Waals surface area contributed by atoms with Gasteiger partial charge in [0.15, 0.2) is 6.10 Å². The van der Waals surface area contributed by atoms with Crippen molar-refractivity contribution in [2.75, 3.05) is 19.8 Å². The van der Waals surface area contributed by atoms with Crippen LogP contribution in [0.3, 0.4) is 0 Å². The van der Waals surface area contributed by atoms with Crippen LogP contribution in [0.15, 0.2) is 48.6 Å². The molecule has 0 rings (SSSR count). The molecule has 0 spiro atoms. The minimum absolute atomic E-state index is 0.0747. The largest absolute Gasteiger partial charge is 0.462 e. The molecule has 0 heterocycles. The summed E-state index contributed by atoms with van der Waals surface area (Å²) in [4.78, 5) is 25.1. The van der Waals surface area contributed by atoms with E-state index in [0.29, 0.717) is 19.4 Å². The maximum Gasteiger partial charge on any atom is 0.306 e. The number of esters is 2. The average Bonchev–Trinajstić information content (AvgIpc) is 3.14. The van der Waals surface area contributed by atoms with Crippen LogP contribution >= 0.6 is 0 Å². The predicted molar refractivity (Wildman–Crippen MR) is 224 cm³/mol. The molecule has 0 radical (unpaired) electrons. The summed E-state index contributed by atoms with van der Waals surface area (Å²) < 4.78 is 17.2. The van der Waals surface area contributed by atoms with E-state index in [9.17, 15) is 9.59 Å².